The molecule has 2 aromatic rings. The first-order chi connectivity index (χ1) is 9.25. The highest BCUT2D eigenvalue weighted by Gasteiger charge is 2.22. The number of hydrogen-bond donors (Lipinski definition) is 1. The monoisotopic (exact) mass is 319 g/mol. The molecule has 1 aliphatic heterocycles. The van der Waals surface area contributed by atoms with Crippen LogP contribution < -0.4 is 5.32 Å². The van der Waals surface area contributed by atoms with Crippen LogP contribution in [0.25, 0.3) is 11.3 Å². The van der Waals surface area contributed by atoms with Crippen LogP contribution in [0.5, 0.6) is 0 Å². The fourth-order valence-corrected chi connectivity index (χ4v) is 3.27. The van der Waals surface area contributed by atoms with Crippen LogP contribution in [-0.2, 0) is 7.05 Å². The van der Waals surface area contributed by atoms with E-state index in [0.29, 0.717) is 5.92 Å². The van der Waals surface area contributed by atoms with Gasteiger partial charge in [-0.3, -0.25) is 0 Å². The molecule has 0 radical (unpaired) electrons. The molecule has 3 rings (SSSR count). The van der Waals surface area contributed by atoms with Gasteiger partial charge in [-0.2, -0.15) is 0 Å². The van der Waals surface area contributed by atoms with Crippen molar-refractivity contribution >= 4 is 15.9 Å². The van der Waals surface area contributed by atoms with Gasteiger partial charge in [0.25, 0.3) is 0 Å². The molecule has 0 saturated carbocycles. The van der Waals surface area contributed by atoms with Gasteiger partial charge in [0.1, 0.15) is 0 Å². The van der Waals surface area contributed by atoms with Gasteiger partial charge in [-0.05, 0) is 38.1 Å². The number of halogens is 1. The Morgan fingerprint density at radius 2 is 2.11 bits per heavy atom. The van der Waals surface area contributed by atoms with Crippen LogP contribution in [0.1, 0.15) is 24.5 Å². The third kappa shape index (κ3) is 2.60. The number of nitrogens with one attached hydrogen (secondary N) is 1. The number of benzene rings is 1. The largest absolute Gasteiger partial charge is 0.337 e. The highest BCUT2D eigenvalue weighted by atomic mass is 79.9. The summed E-state index contributed by atoms with van der Waals surface area (Å²) in [5.74, 6) is 0.614. The fraction of sp³-hybridized carbons (Fsp3) is 0.400. The lowest BCUT2D eigenvalue weighted by atomic mass is 9.91. The number of nitrogens with zero attached hydrogens (tertiary/aromatic N) is 2. The number of aryl methyl sites for hydroxylation is 1. The minimum absolute atomic E-state index is 0.614. The second-order valence-electron chi connectivity index (χ2n) is 5.12. The maximum Gasteiger partial charge on any atom is 0.0953 e. The van der Waals surface area contributed by atoms with Crippen LogP contribution >= 0.6 is 15.9 Å². The molecule has 1 N–H and O–H groups in total. The zero-order valence-electron chi connectivity index (χ0n) is 11.1. The van der Waals surface area contributed by atoms with Crippen molar-refractivity contribution in [1.29, 1.82) is 0 Å². The highest BCUT2D eigenvalue weighted by molar-refractivity contribution is 9.10. The summed E-state index contributed by atoms with van der Waals surface area (Å²) < 4.78 is 3.29. The Kier molecular flexibility index (Phi) is 3.71. The molecule has 2 heterocycles. The quantitative estimate of drug-likeness (QED) is 0.920. The number of hydrogen-bond acceptors (Lipinski definition) is 2. The number of rotatable bonds is 2. The van der Waals surface area contributed by atoms with Crippen molar-refractivity contribution in [2.45, 2.75) is 18.8 Å². The van der Waals surface area contributed by atoms with E-state index in [1.807, 2.05) is 6.33 Å². The van der Waals surface area contributed by atoms with E-state index >= 15 is 0 Å². The first-order valence-electron chi connectivity index (χ1n) is 6.73. The SMILES string of the molecule is Cn1cnc(-c2cccc(Br)c2)c1C1CCNCC1. The lowest BCUT2D eigenvalue weighted by Crippen LogP contribution is -2.27. The number of aromatic nitrogens is 2. The number of imidazole rings is 1. The maximum atomic E-state index is 4.62. The van der Waals surface area contributed by atoms with Gasteiger partial charge in [-0.1, -0.05) is 28.1 Å². The molecule has 3 nitrogen and oxygen atoms in total. The molecule has 4 heteroatoms. The van der Waals surface area contributed by atoms with Gasteiger partial charge in [-0.15, -0.1) is 0 Å². The zero-order chi connectivity index (χ0) is 13.2. The summed E-state index contributed by atoms with van der Waals surface area (Å²) >= 11 is 3.54. The van der Waals surface area contributed by atoms with Crippen LogP contribution in [-0.4, -0.2) is 22.6 Å². The van der Waals surface area contributed by atoms with Crippen LogP contribution in [0.2, 0.25) is 0 Å². The highest BCUT2D eigenvalue weighted by Crippen LogP contribution is 2.33. The lowest BCUT2D eigenvalue weighted by molar-refractivity contribution is 0.446. The molecule has 0 aliphatic carbocycles. The van der Waals surface area contributed by atoms with Gasteiger partial charge in [0.05, 0.1) is 12.0 Å². The van der Waals surface area contributed by atoms with E-state index in [1.54, 1.807) is 0 Å². The molecule has 1 aromatic carbocycles. The van der Waals surface area contributed by atoms with Gasteiger partial charge in [0.2, 0.25) is 0 Å². The average molecular weight is 320 g/mol. The van der Waals surface area contributed by atoms with Crippen LogP contribution in [0.15, 0.2) is 35.1 Å². The van der Waals surface area contributed by atoms with Gasteiger partial charge >= 0.3 is 0 Å². The van der Waals surface area contributed by atoms with E-state index in [0.717, 1.165) is 23.3 Å². The molecular weight excluding hydrogens is 302 g/mol. The molecule has 1 aromatic heterocycles. The van der Waals surface area contributed by atoms with Gasteiger partial charge < -0.3 is 9.88 Å². The van der Waals surface area contributed by atoms with E-state index in [1.165, 1.54) is 24.1 Å². The van der Waals surface area contributed by atoms with Crippen molar-refractivity contribution in [2.75, 3.05) is 13.1 Å². The molecular formula is C15H18BrN3. The van der Waals surface area contributed by atoms with E-state index in [2.05, 4.69) is 62.1 Å². The Bertz CT molecular complexity index is 571. The first-order valence-corrected chi connectivity index (χ1v) is 7.53. The summed E-state index contributed by atoms with van der Waals surface area (Å²) in [4.78, 5) is 4.62. The second kappa shape index (κ2) is 5.47. The topological polar surface area (TPSA) is 29.9 Å². The Morgan fingerprint density at radius 1 is 1.32 bits per heavy atom. The normalized spacial score (nSPS) is 16.7. The van der Waals surface area contributed by atoms with E-state index in [-0.39, 0.29) is 0 Å². The fourth-order valence-electron chi connectivity index (χ4n) is 2.87. The molecule has 0 amide bonds. The van der Waals surface area contributed by atoms with Crippen molar-refractivity contribution in [2.24, 2.45) is 7.05 Å². The Hall–Kier alpha value is -1.13. The van der Waals surface area contributed by atoms with Crippen molar-refractivity contribution < 1.29 is 0 Å². The van der Waals surface area contributed by atoms with Crippen LogP contribution in [0, 0.1) is 0 Å². The molecule has 100 valence electrons. The summed E-state index contributed by atoms with van der Waals surface area (Å²) in [6.45, 7) is 2.21. The van der Waals surface area contributed by atoms with Crippen molar-refractivity contribution in [1.82, 2.24) is 14.9 Å². The van der Waals surface area contributed by atoms with Crippen molar-refractivity contribution in [3.8, 4) is 11.3 Å². The Balaban J connectivity index is 2.02. The average Bonchev–Trinajstić information content (AvgIpc) is 2.82. The maximum absolute atomic E-state index is 4.62. The van der Waals surface area contributed by atoms with Crippen molar-refractivity contribution in [3.05, 3.63) is 40.8 Å². The summed E-state index contributed by atoms with van der Waals surface area (Å²) in [7, 11) is 2.10. The minimum atomic E-state index is 0.614. The molecule has 0 spiro atoms. The van der Waals surface area contributed by atoms with E-state index in [9.17, 15) is 0 Å². The third-order valence-electron chi connectivity index (χ3n) is 3.81. The summed E-state index contributed by atoms with van der Waals surface area (Å²) in [6.07, 6.45) is 4.33. The Labute approximate surface area is 122 Å². The minimum Gasteiger partial charge on any atom is -0.337 e. The molecule has 0 bridgehead atoms. The molecule has 1 aliphatic rings. The summed E-state index contributed by atoms with van der Waals surface area (Å²) in [6, 6.07) is 8.40. The third-order valence-corrected chi connectivity index (χ3v) is 4.30. The van der Waals surface area contributed by atoms with Crippen LogP contribution in [0.4, 0.5) is 0 Å². The molecule has 0 atom stereocenters. The first kappa shape index (κ1) is 12.9. The molecule has 1 fully saturated rings. The predicted molar refractivity (Wildman–Crippen MR) is 81.2 cm³/mol. The molecule has 19 heavy (non-hydrogen) atoms. The number of piperidine rings is 1. The van der Waals surface area contributed by atoms with Gasteiger partial charge in [0.15, 0.2) is 0 Å². The molecule has 1 saturated heterocycles. The van der Waals surface area contributed by atoms with Gasteiger partial charge in [0, 0.05) is 28.7 Å². The summed E-state index contributed by atoms with van der Waals surface area (Å²) in [5.41, 5.74) is 3.71. The Morgan fingerprint density at radius 3 is 2.84 bits per heavy atom. The van der Waals surface area contributed by atoms with E-state index < -0.39 is 0 Å². The standard InChI is InChI=1S/C15H18BrN3/c1-19-10-18-14(12-3-2-4-13(16)9-12)15(19)11-5-7-17-8-6-11/h2-4,9-11,17H,5-8H2,1H3. The second-order valence-corrected chi connectivity index (χ2v) is 6.04. The zero-order valence-corrected chi connectivity index (χ0v) is 12.7. The molecule has 0 unspecified atom stereocenters. The summed E-state index contributed by atoms with van der Waals surface area (Å²) in [5, 5.41) is 3.43. The predicted octanol–water partition coefficient (Wildman–Crippen LogP) is 3.32. The van der Waals surface area contributed by atoms with Gasteiger partial charge in [-0.25, -0.2) is 4.98 Å². The van der Waals surface area contributed by atoms with Crippen molar-refractivity contribution in [3.63, 3.8) is 0 Å². The van der Waals surface area contributed by atoms with E-state index in [4.69, 9.17) is 0 Å². The smallest absolute Gasteiger partial charge is 0.0953 e. The lowest BCUT2D eigenvalue weighted by Gasteiger charge is -2.24. The van der Waals surface area contributed by atoms with Crippen LogP contribution in [0.3, 0.4) is 0 Å².